The van der Waals surface area contributed by atoms with Gasteiger partial charge < -0.3 is 28.4 Å². The van der Waals surface area contributed by atoms with E-state index in [1.54, 1.807) is 7.11 Å². The predicted molar refractivity (Wildman–Crippen MR) is 160 cm³/mol. The van der Waals surface area contributed by atoms with Crippen LogP contribution in [0.3, 0.4) is 0 Å². The van der Waals surface area contributed by atoms with Gasteiger partial charge in [-0.3, -0.25) is 4.79 Å². The number of ether oxygens (including phenoxy) is 6. The Balaban J connectivity index is 1.59. The van der Waals surface area contributed by atoms with Crippen LogP contribution in [-0.2, 0) is 53.0 Å². The Kier molecular flexibility index (Phi) is 12.5. The van der Waals surface area contributed by atoms with Crippen LogP contribution in [0.4, 0.5) is 0 Å². The molecule has 1 fully saturated rings. The molecule has 0 aliphatic carbocycles. The summed E-state index contributed by atoms with van der Waals surface area (Å²) in [6, 6.07) is 29.7. The lowest BCUT2D eigenvalue weighted by atomic mass is 9.94. The number of hydrogen-bond donors (Lipinski definition) is 0. The summed E-state index contributed by atoms with van der Waals surface area (Å²) in [5, 5.41) is 0. The number of hydrogen-bond acceptors (Lipinski definition) is 7. The topological polar surface area (TPSA) is 72.5 Å². The maximum absolute atomic E-state index is 13.3. The normalized spacial score (nSPS) is 23.0. The van der Waals surface area contributed by atoms with Crippen LogP contribution >= 0.6 is 0 Å². The second kappa shape index (κ2) is 16.5. The van der Waals surface area contributed by atoms with Crippen LogP contribution in [0.2, 0.25) is 0 Å². The Labute approximate surface area is 250 Å². The van der Waals surface area contributed by atoms with Crippen LogP contribution in [0.5, 0.6) is 0 Å². The van der Waals surface area contributed by atoms with Gasteiger partial charge in [-0.15, -0.1) is 0 Å². The minimum absolute atomic E-state index is 0.160. The van der Waals surface area contributed by atoms with Crippen molar-refractivity contribution >= 4 is 5.97 Å². The van der Waals surface area contributed by atoms with Gasteiger partial charge >= 0.3 is 5.97 Å². The summed E-state index contributed by atoms with van der Waals surface area (Å²) in [6.45, 7) is 7.50. The van der Waals surface area contributed by atoms with Gasteiger partial charge in [0.2, 0.25) is 0 Å². The lowest BCUT2D eigenvalue weighted by Gasteiger charge is -2.45. The Bertz CT molecular complexity index is 1170. The number of benzene rings is 3. The lowest BCUT2D eigenvalue weighted by molar-refractivity contribution is -0.317. The molecule has 0 bridgehead atoms. The Morgan fingerprint density at radius 1 is 0.714 bits per heavy atom. The molecule has 1 heterocycles. The van der Waals surface area contributed by atoms with Crippen LogP contribution in [0.1, 0.15) is 43.9 Å². The maximum Gasteiger partial charge on any atom is 0.306 e. The molecule has 0 spiro atoms. The molecule has 0 aromatic heterocycles. The first-order valence-electron chi connectivity index (χ1n) is 14.7. The van der Waals surface area contributed by atoms with Gasteiger partial charge in [-0.25, -0.2) is 0 Å². The molecule has 1 aliphatic rings. The minimum atomic E-state index is -0.795. The highest BCUT2D eigenvalue weighted by Gasteiger charge is 2.50. The monoisotopic (exact) mass is 576 g/mol. The number of esters is 1. The third kappa shape index (κ3) is 9.48. The molecule has 3 aromatic carbocycles. The zero-order valence-electron chi connectivity index (χ0n) is 25.1. The fourth-order valence-corrected chi connectivity index (χ4v) is 4.81. The van der Waals surface area contributed by atoms with Crippen LogP contribution in [0, 0.1) is 11.8 Å². The van der Waals surface area contributed by atoms with E-state index in [9.17, 15) is 4.79 Å². The van der Waals surface area contributed by atoms with Crippen molar-refractivity contribution < 1.29 is 33.2 Å². The van der Waals surface area contributed by atoms with Crippen molar-refractivity contribution in [2.24, 2.45) is 11.8 Å². The average Bonchev–Trinajstić information content (AvgIpc) is 3.01. The van der Waals surface area contributed by atoms with Crippen molar-refractivity contribution in [1.82, 2.24) is 0 Å². The SMILES string of the molecule is CO[C@H]1O[C@H](COCc2ccccc2)[C@@H](OCc2ccccc2)[C@H](OC(=O)C[C@@H](C)C(C)C)[C@@H]1OCc1ccccc1. The van der Waals surface area contributed by atoms with Gasteiger partial charge in [0.15, 0.2) is 12.4 Å². The maximum atomic E-state index is 13.3. The first-order chi connectivity index (χ1) is 20.4. The Hall–Kier alpha value is -3.07. The van der Waals surface area contributed by atoms with Crippen LogP contribution < -0.4 is 0 Å². The minimum Gasteiger partial charge on any atom is -0.456 e. The van der Waals surface area contributed by atoms with Crippen LogP contribution in [0.25, 0.3) is 0 Å². The van der Waals surface area contributed by atoms with E-state index in [1.807, 2.05) is 91.0 Å². The third-order valence-electron chi connectivity index (χ3n) is 7.68. The van der Waals surface area contributed by atoms with E-state index in [0.29, 0.717) is 32.2 Å². The van der Waals surface area contributed by atoms with Gasteiger partial charge in [0, 0.05) is 13.5 Å². The number of methoxy groups -OCH3 is 1. The summed E-state index contributed by atoms with van der Waals surface area (Å²) in [7, 11) is 1.57. The van der Waals surface area contributed by atoms with E-state index in [2.05, 4.69) is 20.8 Å². The summed E-state index contributed by atoms with van der Waals surface area (Å²) in [6.07, 6.45) is -3.24. The zero-order valence-corrected chi connectivity index (χ0v) is 25.1. The molecule has 0 unspecified atom stereocenters. The highest BCUT2D eigenvalue weighted by Crippen LogP contribution is 2.31. The molecular weight excluding hydrogens is 532 g/mol. The second-order valence-corrected chi connectivity index (χ2v) is 11.2. The molecule has 7 heteroatoms. The second-order valence-electron chi connectivity index (χ2n) is 11.2. The fourth-order valence-electron chi connectivity index (χ4n) is 4.81. The molecule has 0 saturated carbocycles. The molecule has 3 aromatic rings. The van der Waals surface area contributed by atoms with E-state index >= 15 is 0 Å². The quantitative estimate of drug-likeness (QED) is 0.196. The highest BCUT2D eigenvalue weighted by atomic mass is 16.7. The van der Waals surface area contributed by atoms with Crippen molar-refractivity contribution in [2.75, 3.05) is 13.7 Å². The number of rotatable bonds is 15. The molecule has 0 amide bonds. The summed E-state index contributed by atoms with van der Waals surface area (Å²) in [5.74, 6) is 0.199. The van der Waals surface area contributed by atoms with E-state index < -0.39 is 30.7 Å². The van der Waals surface area contributed by atoms with Gasteiger partial charge in [0.1, 0.15) is 18.3 Å². The lowest BCUT2D eigenvalue weighted by Crippen LogP contribution is -2.62. The molecule has 7 nitrogen and oxygen atoms in total. The largest absolute Gasteiger partial charge is 0.456 e. The highest BCUT2D eigenvalue weighted by molar-refractivity contribution is 5.70. The van der Waals surface area contributed by atoms with Gasteiger partial charge in [-0.1, -0.05) is 112 Å². The van der Waals surface area contributed by atoms with E-state index in [0.717, 1.165) is 16.7 Å². The standard InChI is InChI=1S/C35H44O7/c1-25(2)26(3)20-31(36)42-33-32(39-22-28-16-10-6-11-17-28)30(24-38-21-27-14-8-5-9-15-27)41-35(37-4)34(33)40-23-29-18-12-7-13-19-29/h5-19,25-26,30,32-35H,20-24H2,1-4H3/t26-,30-,32-,33+,34+,35+/m1/s1. The summed E-state index contributed by atoms with van der Waals surface area (Å²) >= 11 is 0. The number of carbonyl (C=O) groups is 1. The molecule has 42 heavy (non-hydrogen) atoms. The van der Waals surface area contributed by atoms with E-state index in [1.165, 1.54) is 0 Å². The molecule has 0 N–H and O–H groups in total. The molecule has 4 rings (SSSR count). The first kappa shape index (κ1) is 31.9. The van der Waals surface area contributed by atoms with Crippen LogP contribution in [-0.4, -0.2) is 50.4 Å². The summed E-state index contributed by atoms with van der Waals surface area (Å²) in [5.41, 5.74) is 3.03. The molecule has 6 atom stereocenters. The summed E-state index contributed by atoms with van der Waals surface area (Å²) in [4.78, 5) is 13.3. The van der Waals surface area contributed by atoms with Crippen molar-refractivity contribution in [2.45, 2.75) is 77.7 Å². The molecule has 1 saturated heterocycles. The third-order valence-corrected chi connectivity index (χ3v) is 7.68. The van der Waals surface area contributed by atoms with Crippen molar-refractivity contribution in [3.05, 3.63) is 108 Å². The van der Waals surface area contributed by atoms with Gasteiger partial charge in [0.05, 0.1) is 26.4 Å². The molecule has 226 valence electrons. The van der Waals surface area contributed by atoms with Gasteiger partial charge in [0.25, 0.3) is 0 Å². The molecular formula is C35H44O7. The van der Waals surface area contributed by atoms with Crippen molar-refractivity contribution in [3.8, 4) is 0 Å². The summed E-state index contributed by atoms with van der Waals surface area (Å²) < 4.78 is 37.4. The Morgan fingerprint density at radius 3 is 1.71 bits per heavy atom. The first-order valence-corrected chi connectivity index (χ1v) is 14.7. The van der Waals surface area contributed by atoms with E-state index in [-0.39, 0.29) is 18.5 Å². The fraction of sp³-hybridized carbons (Fsp3) is 0.457. The van der Waals surface area contributed by atoms with Crippen molar-refractivity contribution in [3.63, 3.8) is 0 Å². The van der Waals surface area contributed by atoms with Crippen molar-refractivity contribution in [1.29, 1.82) is 0 Å². The predicted octanol–water partition coefficient (Wildman–Crippen LogP) is 6.34. The molecule has 0 radical (unpaired) electrons. The van der Waals surface area contributed by atoms with Gasteiger partial charge in [-0.05, 0) is 28.5 Å². The smallest absolute Gasteiger partial charge is 0.306 e. The average molecular weight is 577 g/mol. The number of carbonyl (C=O) groups excluding carboxylic acids is 1. The van der Waals surface area contributed by atoms with E-state index in [4.69, 9.17) is 28.4 Å². The van der Waals surface area contributed by atoms with Crippen LogP contribution in [0.15, 0.2) is 91.0 Å². The molecule has 1 aliphatic heterocycles. The van der Waals surface area contributed by atoms with Gasteiger partial charge in [-0.2, -0.15) is 0 Å². The zero-order chi connectivity index (χ0) is 29.7. The Morgan fingerprint density at radius 2 is 1.21 bits per heavy atom.